The molecule has 18 heavy (non-hydrogen) atoms. The molecule has 4 heteroatoms. The highest BCUT2D eigenvalue weighted by Gasteiger charge is 2.38. The van der Waals surface area contributed by atoms with E-state index in [0.29, 0.717) is 18.7 Å². The Bertz CT molecular complexity index is 441. The Morgan fingerprint density at radius 3 is 2.83 bits per heavy atom. The number of benzene rings is 1. The van der Waals surface area contributed by atoms with Crippen LogP contribution in [0.2, 0.25) is 0 Å². The Kier molecular flexibility index (Phi) is 3.66. The molecular weight excluding hydrogens is 231 g/mol. The third kappa shape index (κ3) is 2.53. The molecule has 1 heterocycles. The van der Waals surface area contributed by atoms with Gasteiger partial charge in [0.25, 0.3) is 0 Å². The second kappa shape index (κ2) is 5.06. The first-order valence-corrected chi connectivity index (χ1v) is 6.23. The fraction of sp³-hybridized carbons (Fsp3) is 0.500. The van der Waals surface area contributed by atoms with Gasteiger partial charge in [0.05, 0.1) is 5.41 Å². The molecule has 1 saturated heterocycles. The zero-order valence-corrected chi connectivity index (χ0v) is 10.9. The van der Waals surface area contributed by atoms with Gasteiger partial charge in [-0.2, -0.15) is 0 Å². The number of hydrogen-bond donors (Lipinski definition) is 1. The maximum absolute atomic E-state index is 13.5. The summed E-state index contributed by atoms with van der Waals surface area (Å²) in [5.74, 6) is -0.178. The highest BCUT2D eigenvalue weighted by molar-refractivity contribution is 5.82. The maximum Gasteiger partial charge on any atom is 0.229 e. The molecule has 0 saturated carbocycles. The Morgan fingerprint density at radius 2 is 2.22 bits per heavy atom. The molecule has 1 aliphatic rings. The van der Waals surface area contributed by atoms with E-state index in [2.05, 4.69) is 5.32 Å². The predicted molar refractivity (Wildman–Crippen MR) is 68.5 cm³/mol. The van der Waals surface area contributed by atoms with Gasteiger partial charge in [-0.05, 0) is 26.0 Å². The molecule has 1 aromatic carbocycles. The summed E-state index contributed by atoms with van der Waals surface area (Å²) in [7, 11) is 1.73. The van der Waals surface area contributed by atoms with Crippen molar-refractivity contribution in [1.82, 2.24) is 10.2 Å². The van der Waals surface area contributed by atoms with Gasteiger partial charge in [0, 0.05) is 25.7 Å². The van der Waals surface area contributed by atoms with E-state index in [1.54, 1.807) is 30.1 Å². The lowest BCUT2D eigenvalue weighted by Crippen LogP contribution is -2.41. The quantitative estimate of drug-likeness (QED) is 0.887. The van der Waals surface area contributed by atoms with Crippen LogP contribution in [-0.4, -0.2) is 30.9 Å². The van der Waals surface area contributed by atoms with Crippen molar-refractivity contribution in [3.63, 3.8) is 0 Å². The van der Waals surface area contributed by atoms with Crippen molar-refractivity contribution in [3.05, 3.63) is 35.6 Å². The van der Waals surface area contributed by atoms with E-state index in [9.17, 15) is 9.18 Å². The summed E-state index contributed by atoms with van der Waals surface area (Å²) in [5.41, 5.74) is 0.211. The summed E-state index contributed by atoms with van der Waals surface area (Å²) in [4.78, 5) is 14.0. The Labute approximate surface area is 107 Å². The summed E-state index contributed by atoms with van der Waals surface area (Å²) in [6.07, 6.45) is 0.841. The molecule has 0 radical (unpaired) electrons. The van der Waals surface area contributed by atoms with Crippen molar-refractivity contribution in [2.75, 3.05) is 20.1 Å². The number of carbonyl (C=O) groups excluding carboxylic acids is 1. The number of rotatable bonds is 3. The molecule has 3 nitrogen and oxygen atoms in total. The topological polar surface area (TPSA) is 32.3 Å². The van der Waals surface area contributed by atoms with Crippen LogP contribution in [0.3, 0.4) is 0 Å². The molecule has 1 aromatic rings. The number of hydrogen-bond acceptors (Lipinski definition) is 2. The lowest BCUT2D eigenvalue weighted by atomic mass is 9.88. The number of halogens is 1. The normalized spacial score (nSPS) is 23.1. The van der Waals surface area contributed by atoms with Crippen LogP contribution in [0.1, 0.15) is 18.9 Å². The Balaban J connectivity index is 2.06. The molecule has 0 bridgehead atoms. The van der Waals surface area contributed by atoms with Crippen molar-refractivity contribution >= 4 is 5.91 Å². The van der Waals surface area contributed by atoms with Crippen LogP contribution in [0.4, 0.5) is 4.39 Å². The van der Waals surface area contributed by atoms with Gasteiger partial charge in [-0.1, -0.05) is 18.2 Å². The standard InChI is InChI=1S/C14H19FN2O/c1-14(7-8-16-10-14)13(18)17(2)9-11-5-3-4-6-12(11)15/h3-6,16H,7-10H2,1-2H3/t14-/m0/s1. The highest BCUT2D eigenvalue weighted by Crippen LogP contribution is 2.27. The molecule has 1 fully saturated rings. The van der Waals surface area contributed by atoms with Gasteiger partial charge in [0.15, 0.2) is 0 Å². The smallest absolute Gasteiger partial charge is 0.229 e. The van der Waals surface area contributed by atoms with Gasteiger partial charge in [-0.15, -0.1) is 0 Å². The van der Waals surface area contributed by atoms with E-state index in [4.69, 9.17) is 0 Å². The first-order valence-electron chi connectivity index (χ1n) is 6.23. The Hall–Kier alpha value is -1.42. The van der Waals surface area contributed by atoms with E-state index in [0.717, 1.165) is 13.0 Å². The van der Waals surface area contributed by atoms with Gasteiger partial charge in [0.1, 0.15) is 5.82 Å². The number of amides is 1. The molecule has 1 atom stereocenters. The van der Waals surface area contributed by atoms with Gasteiger partial charge in [-0.3, -0.25) is 4.79 Å². The maximum atomic E-state index is 13.5. The van der Waals surface area contributed by atoms with E-state index in [-0.39, 0.29) is 17.1 Å². The fourth-order valence-electron chi connectivity index (χ4n) is 2.41. The number of nitrogens with zero attached hydrogens (tertiary/aromatic N) is 1. The van der Waals surface area contributed by atoms with Crippen LogP contribution in [0.5, 0.6) is 0 Å². The van der Waals surface area contributed by atoms with Crippen LogP contribution in [0.25, 0.3) is 0 Å². The van der Waals surface area contributed by atoms with E-state index < -0.39 is 0 Å². The minimum Gasteiger partial charge on any atom is -0.341 e. The second-order valence-electron chi connectivity index (χ2n) is 5.24. The van der Waals surface area contributed by atoms with Crippen LogP contribution in [-0.2, 0) is 11.3 Å². The summed E-state index contributed by atoms with van der Waals surface area (Å²) < 4.78 is 13.5. The fourth-order valence-corrected chi connectivity index (χ4v) is 2.41. The van der Waals surface area contributed by atoms with E-state index in [1.807, 2.05) is 6.92 Å². The molecular formula is C14H19FN2O. The SMILES string of the molecule is CN(Cc1ccccc1F)C(=O)[C@@]1(C)CCNC1. The van der Waals surface area contributed by atoms with Crippen molar-refractivity contribution in [2.24, 2.45) is 5.41 Å². The van der Waals surface area contributed by atoms with Crippen molar-refractivity contribution < 1.29 is 9.18 Å². The second-order valence-corrected chi connectivity index (χ2v) is 5.24. The molecule has 0 aliphatic carbocycles. The summed E-state index contributed by atoms with van der Waals surface area (Å²) >= 11 is 0. The molecule has 0 unspecified atom stereocenters. The first-order chi connectivity index (χ1) is 8.53. The Morgan fingerprint density at radius 1 is 1.50 bits per heavy atom. The average Bonchev–Trinajstić information content (AvgIpc) is 2.79. The van der Waals surface area contributed by atoms with Crippen molar-refractivity contribution in [1.29, 1.82) is 0 Å². The summed E-state index contributed by atoms with van der Waals surface area (Å²) in [6.45, 7) is 3.86. The van der Waals surface area contributed by atoms with Gasteiger partial charge in [0.2, 0.25) is 5.91 Å². The molecule has 98 valence electrons. The largest absolute Gasteiger partial charge is 0.341 e. The molecule has 0 spiro atoms. The zero-order valence-electron chi connectivity index (χ0n) is 10.9. The minimum atomic E-state index is -0.347. The monoisotopic (exact) mass is 250 g/mol. The average molecular weight is 250 g/mol. The molecule has 0 aromatic heterocycles. The van der Waals surface area contributed by atoms with Gasteiger partial charge >= 0.3 is 0 Å². The summed E-state index contributed by atoms with van der Waals surface area (Å²) in [6, 6.07) is 6.58. The number of carbonyl (C=O) groups is 1. The summed E-state index contributed by atoms with van der Waals surface area (Å²) in [5, 5.41) is 3.20. The van der Waals surface area contributed by atoms with Crippen LogP contribution in [0, 0.1) is 11.2 Å². The lowest BCUT2D eigenvalue weighted by Gasteiger charge is -2.28. The van der Waals surface area contributed by atoms with Crippen LogP contribution < -0.4 is 5.32 Å². The minimum absolute atomic E-state index is 0.0794. The van der Waals surface area contributed by atoms with Crippen LogP contribution in [0.15, 0.2) is 24.3 Å². The van der Waals surface area contributed by atoms with E-state index >= 15 is 0 Å². The molecule has 1 aliphatic heterocycles. The van der Waals surface area contributed by atoms with Crippen molar-refractivity contribution in [3.8, 4) is 0 Å². The van der Waals surface area contributed by atoms with E-state index in [1.165, 1.54) is 6.07 Å². The zero-order chi connectivity index (χ0) is 13.2. The predicted octanol–water partition coefficient (Wildman–Crippen LogP) is 1.78. The third-order valence-electron chi connectivity index (χ3n) is 3.60. The first kappa shape index (κ1) is 13.0. The molecule has 1 N–H and O–H groups in total. The molecule has 2 rings (SSSR count). The molecule has 1 amide bonds. The van der Waals surface area contributed by atoms with Crippen molar-refractivity contribution in [2.45, 2.75) is 19.9 Å². The van der Waals surface area contributed by atoms with Crippen LogP contribution >= 0.6 is 0 Å². The lowest BCUT2D eigenvalue weighted by molar-refractivity contribution is -0.139. The highest BCUT2D eigenvalue weighted by atomic mass is 19.1. The van der Waals surface area contributed by atoms with Gasteiger partial charge in [-0.25, -0.2) is 4.39 Å². The third-order valence-corrected chi connectivity index (χ3v) is 3.60. The van der Waals surface area contributed by atoms with Gasteiger partial charge < -0.3 is 10.2 Å². The number of nitrogens with one attached hydrogen (secondary N) is 1.